The van der Waals surface area contributed by atoms with Crippen molar-refractivity contribution in [1.29, 1.82) is 0 Å². The first-order chi connectivity index (χ1) is 4.71. The number of sulfonamides is 1. The molecule has 5 heteroatoms. The van der Waals surface area contributed by atoms with E-state index in [-0.39, 0.29) is 0 Å². The van der Waals surface area contributed by atoms with Crippen molar-refractivity contribution in [2.24, 2.45) is 0 Å². The van der Waals surface area contributed by atoms with E-state index in [9.17, 15) is 8.42 Å². The Morgan fingerprint density at radius 2 is 2.10 bits per heavy atom. The van der Waals surface area contributed by atoms with Gasteiger partial charge in [0.1, 0.15) is 0 Å². The molecule has 0 aromatic carbocycles. The molecule has 1 aliphatic heterocycles. The van der Waals surface area contributed by atoms with E-state index in [1.165, 1.54) is 0 Å². The Hall–Kier alpha value is 0.260. The van der Waals surface area contributed by atoms with Crippen molar-refractivity contribution in [3.63, 3.8) is 0 Å². The topological polar surface area (TPSA) is 46.2 Å². The zero-order chi connectivity index (χ0) is 7.45. The van der Waals surface area contributed by atoms with Crippen molar-refractivity contribution in [2.45, 2.75) is 6.42 Å². The zero-order valence-corrected chi connectivity index (χ0v) is 7.30. The van der Waals surface area contributed by atoms with Gasteiger partial charge in [-0.15, -0.1) is 0 Å². The Labute approximate surface area is 65.6 Å². The highest BCUT2D eigenvalue weighted by Crippen LogP contribution is 2.05. The SMILES string of the molecule is O=S1(=O)CCCSCCN1. The number of hydrogen-bond acceptors (Lipinski definition) is 3. The molecule has 1 heterocycles. The highest BCUT2D eigenvalue weighted by molar-refractivity contribution is 7.99. The predicted molar refractivity (Wildman–Crippen MR) is 43.7 cm³/mol. The zero-order valence-electron chi connectivity index (χ0n) is 5.67. The first-order valence-electron chi connectivity index (χ1n) is 3.26. The van der Waals surface area contributed by atoms with Gasteiger partial charge in [-0.3, -0.25) is 0 Å². The summed E-state index contributed by atoms with van der Waals surface area (Å²) in [4.78, 5) is 0. The van der Waals surface area contributed by atoms with Crippen LogP contribution in [0, 0.1) is 0 Å². The van der Waals surface area contributed by atoms with Gasteiger partial charge in [0.15, 0.2) is 0 Å². The highest BCUT2D eigenvalue weighted by Gasteiger charge is 2.10. The van der Waals surface area contributed by atoms with Crippen LogP contribution in [-0.2, 0) is 10.0 Å². The number of rotatable bonds is 0. The van der Waals surface area contributed by atoms with Crippen LogP contribution in [0.3, 0.4) is 0 Å². The molecular weight excluding hydrogens is 170 g/mol. The normalized spacial score (nSPS) is 26.8. The summed E-state index contributed by atoms with van der Waals surface area (Å²) >= 11 is 1.80. The van der Waals surface area contributed by atoms with Crippen molar-refractivity contribution in [3.05, 3.63) is 0 Å². The summed E-state index contributed by atoms with van der Waals surface area (Å²) in [7, 11) is -2.91. The van der Waals surface area contributed by atoms with Crippen molar-refractivity contribution in [1.82, 2.24) is 4.72 Å². The molecule has 0 atom stereocenters. The fourth-order valence-electron chi connectivity index (χ4n) is 0.795. The fourth-order valence-corrected chi connectivity index (χ4v) is 2.99. The van der Waals surface area contributed by atoms with Crippen molar-refractivity contribution in [2.75, 3.05) is 23.8 Å². The van der Waals surface area contributed by atoms with Crippen LogP contribution in [0.25, 0.3) is 0 Å². The Bertz CT molecular complexity index is 174. The number of thioether (sulfide) groups is 1. The summed E-state index contributed by atoms with van der Waals surface area (Å²) in [6.07, 6.45) is 0.778. The summed E-state index contributed by atoms with van der Waals surface area (Å²) < 4.78 is 24.3. The van der Waals surface area contributed by atoms with E-state index in [0.29, 0.717) is 12.3 Å². The van der Waals surface area contributed by atoms with Crippen LogP contribution in [0.5, 0.6) is 0 Å². The van der Waals surface area contributed by atoms with Crippen LogP contribution < -0.4 is 4.72 Å². The van der Waals surface area contributed by atoms with Gasteiger partial charge in [-0.25, -0.2) is 13.1 Å². The lowest BCUT2D eigenvalue weighted by molar-refractivity contribution is 0.582. The van der Waals surface area contributed by atoms with E-state index in [2.05, 4.69) is 4.72 Å². The minimum absolute atomic E-state index is 0.292. The van der Waals surface area contributed by atoms with E-state index in [4.69, 9.17) is 0 Å². The van der Waals surface area contributed by atoms with E-state index in [1.54, 1.807) is 11.8 Å². The van der Waals surface area contributed by atoms with Gasteiger partial charge < -0.3 is 0 Å². The van der Waals surface area contributed by atoms with Crippen molar-refractivity contribution < 1.29 is 8.42 Å². The van der Waals surface area contributed by atoms with E-state index >= 15 is 0 Å². The van der Waals surface area contributed by atoms with E-state index < -0.39 is 10.0 Å². The first-order valence-corrected chi connectivity index (χ1v) is 6.06. The largest absolute Gasteiger partial charge is 0.214 e. The second kappa shape index (κ2) is 3.59. The first kappa shape index (κ1) is 8.36. The Kier molecular flexibility index (Phi) is 3.00. The van der Waals surface area contributed by atoms with Gasteiger partial charge in [-0.1, -0.05) is 0 Å². The van der Waals surface area contributed by atoms with Crippen LogP contribution >= 0.6 is 11.8 Å². The second-order valence-electron chi connectivity index (χ2n) is 2.18. The third-order valence-corrected chi connectivity index (χ3v) is 3.81. The average Bonchev–Trinajstić information content (AvgIpc) is 1.81. The molecule has 1 N–H and O–H groups in total. The average molecular weight is 181 g/mol. The molecule has 3 nitrogen and oxygen atoms in total. The van der Waals surface area contributed by atoms with E-state index in [0.717, 1.165) is 17.9 Å². The van der Waals surface area contributed by atoms with Crippen molar-refractivity contribution >= 4 is 21.8 Å². The lowest BCUT2D eigenvalue weighted by atomic mass is 10.6. The minimum atomic E-state index is -2.91. The standard InChI is InChI=1S/C5H11NO2S2/c7-10(8)5-1-3-9-4-2-6-10/h6H,1-5H2. The molecule has 10 heavy (non-hydrogen) atoms. The van der Waals surface area contributed by atoms with Gasteiger partial charge in [0.05, 0.1) is 5.75 Å². The Morgan fingerprint density at radius 1 is 1.30 bits per heavy atom. The molecule has 0 saturated carbocycles. The maximum atomic E-state index is 10.9. The van der Waals surface area contributed by atoms with Crippen molar-refractivity contribution in [3.8, 4) is 0 Å². The molecule has 1 aliphatic rings. The quantitative estimate of drug-likeness (QED) is 0.574. The van der Waals surface area contributed by atoms with Crippen LogP contribution in [0.2, 0.25) is 0 Å². The summed E-state index contributed by atoms with van der Waals surface area (Å²) in [5.74, 6) is 2.17. The summed E-state index contributed by atoms with van der Waals surface area (Å²) in [5, 5.41) is 0. The maximum absolute atomic E-state index is 10.9. The number of hydrogen-bond donors (Lipinski definition) is 1. The number of nitrogens with one attached hydrogen (secondary N) is 1. The lowest BCUT2D eigenvalue weighted by Gasteiger charge is -2.09. The van der Waals surface area contributed by atoms with Gasteiger partial charge in [0, 0.05) is 12.3 Å². The predicted octanol–water partition coefficient (Wildman–Crippen LogP) is 0.0427. The fraction of sp³-hybridized carbons (Fsp3) is 1.00. The summed E-state index contributed by atoms with van der Waals surface area (Å²) in [5.41, 5.74) is 0. The molecular formula is C5H11NO2S2. The Morgan fingerprint density at radius 3 is 2.90 bits per heavy atom. The van der Waals surface area contributed by atoms with E-state index in [1.807, 2.05) is 0 Å². The maximum Gasteiger partial charge on any atom is 0.211 e. The molecule has 0 spiro atoms. The summed E-state index contributed by atoms with van der Waals surface area (Å²) in [6.45, 7) is 0.590. The molecule has 0 aromatic rings. The van der Waals surface area contributed by atoms with Gasteiger partial charge in [0.25, 0.3) is 0 Å². The monoisotopic (exact) mass is 181 g/mol. The molecule has 0 radical (unpaired) electrons. The summed E-state index contributed by atoms with van der Waals surface area (Å²) in [6, 6.07) is 0. The van der Waals surface area contributed by atoms with Gasteiger partial charge >= 0.3 is 0 Å². The molecule has 0 bridgehead atoms. The van der Waals surface area contributed by atoms with Crippen LogP contribution in [0.15, 0.2) is 0 Å². The minimum Gasteiger partial charge on any atom is -0.214 e. The molecule has 1 fully saturated rings. The molecule has 60 valence electrons. The molecule has 0 amide bonds. The van der Waals surface area contributed by atoms with Gasteiger partial charge in [-0.05, 0) is 12.2 Å². The second-order valence-corrected chi connectivity index (χ2v) is 5.33. The van der Waals surface area contributed by atoms with Crippen LogP contribution in [-0.4, -0.2) is 32.2 Å². The molecule has 1 rings (SSSR count). The molecule has 0 aromatic heterocycles. The molecule has 1 saturated heterocycles. The lowest BCUT2D eigenvalue weighted by Crippen LogP contribution is -2.30. The van der Waals surface area contributed by atoms with Gasteiger partial charge in [0.2, 0.25) is 10.0 Å². The van der Waals surface area contributed by atoms with Gasteiger partial charge in [-0.2, -0.15) is 11.8 Å². The Balaban J connectivity index is 2.46. The highest BCUT2D eigenvalue weighted by atomic mass is 32.2. The smallest absolute Gasteiger partial charge is 0.211 e. The molecule has 0 unspecified atom stereocenters. The third kappa shape index (κ3) is 2.90. The van der Waals surface area contributed by atoms with Crippen LogP contribution in [0.4, 0.5) is 0 Å². The van der Waals surface area contributed by atoms with Crippen LogP contribution in [0.1, 0.15) is 6.42 Å². The molecule has 0 aliphatic carbocycles. The third-order valence-electron chi connectivity index (χ3n) is 1.27.